The van der Waals surface area contributed by atoms with Gasteiger partial charge in [0.15, 0.2) is 10.8 Å². The van der Waals surface area contributed by atoms with E-state index in [1.54, 1.807) is 11.9 Å². The number of hydrogen-bond donors (Lipinski definition) is 0. The van der Waals surface area contributed by atoms with Gasteiger partial charge in [-0.25, -0.2) is 4.98 Å². The lowest BCUT2D eigenvalue weighted by Gasteiger charge is -2.17. The average Bonchev–Trinajstić information content (AvgIpc) is 2.88. The van der Waals surface area contributed by atoms with E-state index < -0.39 is 11.9 Å². The van der Waals surface area contributed by atoms with Gasteiger partial charge in [0.25, 0.3) is 0 Å². The third-order valence-electron chi connectivity index (χ3n) is 2.98. The van der Waals surface area contributed by atoms with Crippen molar-refractivity contribution >= 4 is 22.2 Å². The predicted molar refractivity (Wildman–Crippen MR) is 80.0 cm³/mol. The van der Waals surface area contributed by atoms with E-state index in [2.05, 4.69) is 4.98 Å². The summed E-state index contributed by atoms with van der Waals surface area (Å²) in [7, 11) is 5.64. The molecule has 7 heteroatoms. The van der Waals surface area contributed by atoms with Crippen LogP contribution < -0.4 is 9.80 Å². The Morgan fingerprint density at radius 1 is 1.10 bits per heavy atom. The Labute approximate surface area is 125 Å². The maximum atomic E-state index is 12.5. The van der Waals surface area contributed by atoms with Gasteiger partial charge in [0.05, 0.1) is 0 Å². The summed E-state index contributed by atoms with van der Waals surface area (Å²) in [4.78, 5) is 7.34. The molecule has 0 saturated carbocycles. The second-order valence-corrected chi connectivity index (χ2v) is 5.77. The molecule has 3 nitrogen and oxygen atoms in total. The molecule has 2 rings (SSSR count). The molecule has 2 aromatic rings. The van der Waals surface area contributed by atoms with Crippen LogP contribution in [0.5, 0.6) is 0 Å². The third kappa shape index (κ3) is 3.87. The topological polar surface area (TPSA) is 19.4 Å². The quantitative estimate of drug-likeness (QED) is 0.854. The molecule has 0 bridgehead atoms. The summed E-state index contributed by atoms with van der Waals surface area (Å²) in [6.45, 7) is 0.512. The van der Waals surface area contributed by atoms with Crippen molar-refractivity contribution in [3.63, 3.8) is 0 Å². The Hall–Kier alpha value is -1.76. The molecule has 1 aromatic carbocycles. The summed E-state index contributed by atoms with van der Waals surface area (Å²) >= 11 is 0.998. The van der Waals surface area contributed by atoms with Crippen molar-refractivity contribution in [2.75, 3.05) is 30.9 Å². The highest BCUT2D eigenvalue weighted by molar-refractivity contribution is 7.13. The standard InChI is InChI=1S/C14H16F3N3S/c1-19(2)11-6-4-10(5-7-11)8-20(3)13-18-12(9-21-13)14(15,16)17/h4-7,9H,8H2,1-3H3. The van der Waals surface area contributed by atoms with Crippen LogP contribution in [0.1, 0.15) is 11.3 Å². The molecule has 21 heavy (non-hydrogen) atoms. The highest BCUT2D eigenvalue weighted by Crippen LogP contribution is 2.33. The van der Waals surface area contributed by atoms with Gasteiger partial charge >= 0.3 is 6.18 Å². The second kappa shape index (κ2) is 5.93. The zero-order chi connectivity index (χ0) is 15.6. The van der Waals surface area contributed by atoms with Gasteiger partial charge in [0.2, 0.25) is 0 Å². The van der Waals surface area contributed by atoms with Gasteiger partial charge < -0.3 is 9.80 Å². The molecule has 1 heterocycles. The fourth-order valence-corrected chi connectivity index (χ4v) is 2.61. The maximum Gasteiger partial charge on any atom is 0.434 e. The number of nitrogens with zero attached hydrogens (tertiary/aromatic N) is 3. The molecule has 0 N–H and O–H groups in total. The molecule has 0 aliphatic carbocycles. The number of anilines is 2. The first-order valence-electron chi connectivity index (χ1n) is 6.27. The zero-order valence-electron chi connectivity index (χ0n) is 12.0. The molecule has 0 aliphatic heterocycles. The third-order valence-corrected chi connectivity index (χ3v) is 3.94. The first-order chi connectivity index (χ1) is 9.77. The lowest BCUT2D eigenvalue weighted by molar-refractivity contribution is -0.140. The molecule has 0 amide bonds. The summed E-state index contributed by atoms with van der Waals surface area (Å²) in [5.41, 5.74) is 1.26. The molecule has 0 unspecified atom stereocenters. The summed E-state index contributed by atoms with van der Waals surface area (Å²) in [5.74, 6) is 0. The molecule has 0 radical (unpaired) electrons. The number of benzene rings is 1. The van der Waals surface area contributed by atoms with Crippen LogP contribution in [0, 0.1) is 0 Å². The lowest BCUT2D eigenvalue weighted by Crippen LogP contribution is -2.17. The van der Waals surface area contributed by atoms with Crippen molar-refractivity contribution < 1.29 is 13.2 Å². The molecule has 114 valence electrons. The van der Waals surface area contributed by atoms with E-state index in [0.717, 1.165) is 28.0 Å². The number of halogens is 3. The first kappa shape index (κ1) is 15.6. The van der Waals surface area contributed by atoms with Crippen molar-refractivity contribution in [1.82, 2.24) is 4.98 Å². The molecular weight excluding hydrogens is 299 g/mol. The SMILES string of the molecule is CN(C)c1ccc(CN(C)c2nc(C(F)(F)F)cs2)cc1. The van der Waals surface area contributed by atoms with Gasteiger partial charge in [-0.15, -0.1) is 11.3 Å². The van der Waals surface area contributed by atoms with Gasteiger partial charge in [-0.05, 0) is 17.7 Å². The van der Waals surface area contributed by atoms with Crippen molar-refractivity contribution in [3.8, 4) is 0 Å². The highest BCUT2D eigenvalue weighted by Gasteiger charge is 2.34. The Balaban J connectivity index is 2.07. The van der Waals surface area contributed by atoms with Gasteiger partial charge in [-0.1, -0.05) is 12.1 Å². The van der Waals surface area contributed by atoms with E-state index in [1.807, 2.05) is 43.3 Å². The maximum absolute atomic E-state index is 12.5. The lowest BCUT2D eigenvalue weighted by atomic mass is 10.2. The second-order valence-electron chi connectivity index (χ2n) is 4.93. The molecule has 1 aromatic heterocycles. The molecule has 0 aliphatic rings. The van der Waals surface area contributed by atoms with Crippen molar-refractivity contribution in [1.29, 1.82) is 0 Å². The molecular formula is C14H16F3N3S. The molecule has 0 spiro atoms. The number of hydrogen-bond acceptors (Lipinski definition) is 4. The van der Waals surface area contributed by atoms with E-state index in [1.165, 1.54) is 0 Å². The van der Waals surface area contributed by atoms with E-state index >= 15 is 0 Å². The monoisotopic (exact) mass is 315 g/mol. The molecule has 0 atom stereocenters. The Morgan fingerprint density at radius 3 is 2.19 bits per heavy atom. The van der Waals surface area contributed by atoms with Gasteiger partial charge in [-0.2, -0.15) is 13.2 Å². The van der Waals surface area contributed by atoms with Crippen LogP contribution in [0.3, 0.4) is 0 Å². The fraction of sp³-hybridized carbons (Fsp3) is 0.357. The minimum atomic E-state index is -4.39. The summed E-state index contributed by atoms with van der Waals surface area (Å²) in [6, 6.07) is 7.88. The summed E-state index contributed by atoms with van der Waals surface area (Å²) < 4.78 is 37.6. The largest absolute Gasteiger partial charge is 0.434 e. The fourth-order valence-electron chi connectivity index (χ4n) is 1.81. The average molecular weight is 315 g/mol. The van der Waals surface area contributed by atoms with Crippen LogP contribution in [-0.4, -0.2) is 26.1 Å². The van der Waals surface area contributed by atoms with Crippen LogP contribution in [0.2, 0.25) is 0 Å². The minimum absolute atomic E-state index is 0.360. The number of aromatic nitrogens is 1. The van der Waals surface area contributed by atoms with E-state index in [4.69, 9.17) is 0 Å². The Kier molecular flexibility index (Phi) is 4.41. The highest BCUT2D eigenvalue weighted by atomic mass is 32.1. The first-order valence-corrected chi connectivity index (χ1v) is 7.15. The Morgan fingerprint density at radius 2 is 1.71 bits per heavy atom. The van der Waals surface area contributed by atoms with Crippen molar-refractivity contribution in [2.45, 2.75) is 12.7 Å². The summed E-state index contributed by atoms with van der Waals surface area (Å²) in [6.07, 6.45) is -4.39. The normalized spacial score (nSPS) is 11.5. The Bertz CT molecular complexity index is 590. The van der Waals surface area contributed by atoms with Gasteiger partial charge in [0.1, 0.15) is 0 Å². The smallest absolute Gasteiger partial charge is 0.378 e. The summed E-state index contributed by atoms with van der Waals surface area (Å²) in [5, 5.41) is 1.40. The van der Waals surface area contributed by atoms with E-state index in [9.17, 15) is 13.2 Å². The van der Waals surface area contributed by atoms with Crippen LogP contribution in [0.15, 0.2) is 29.6 Å². The number of rotatable bonds is 4. The van der Waals surface area contributed by atoms with Crippen molar-refractivity contribution in [3.05, 3.63) is 40.9 Å². The van der Waals surface area contributed by atoms with Crippen LogP contribution >= 0.6 is 11.3 Å². The zero-order valence-corrected chi connectivity index (χ0v) is 12.8. The predicted octanol–water partition coefficient (Wildman–Crippen LogP) is 3.86. The number of thiazole rings is 1. The minimum Gasteiger partial charge on any atom is -0.378 e. The van der Waals surface area contributed by atoms with E-state index in [0.29, 0.717) is 11.7 Å². The molecule has 0 saturated heterocycles. The van der Waals surface area contributed by atoms with Crippen LogP contribution in [0.25, 0.3) is 0 Å². The van der Waals surface area contributed by atoms with E-state index in [-0.39, 0.29) is 0 Å². The molecule has 0 fully saturated rings. The van der Waals surface area contributed by atoms with Crippen molar-refractivity contribution in [2.24, 2.45) is 0 Å². The van der Waals surface area contributed by atoms with Crippen LogP contribution in [0.4, 0.5) is 24.0 Å². The van der Waals surface area contributed by atoms with Gasteiger partial charge in [0, 0.05) is 38.8 Å². The van der Waals surface area contributed by atoms with Crippen LogP contribution in [-0.2, 0) is 12.7 Å². The number of alkyl halides is 3. The van der Waals surface area contributed by atoms with Gasteiger partial charge in [-0.3, -0.25) is 0 Å².